The molecule has 0 aromatic heterocycles. The molecule has 2 nitrogen and oxygen atoms in total. The van der Waals surface area contributed by atoms with Crippen LogP contribution >= 0.6 is 0 Å². The lowest BCUT2D eigenvalue weighted by molar-refractivity contribution is -0.115. The highest BCUT2D eigenvalue weighted by Gasteiger charge is 2.22. The summed E-state index contributed by atoms with van der Waals surface area (Å²) < 4.78 is 0. The van der Waals surface area contributed by atoms with Crippen molar-refractivity contribution in [3.05, 3.63) is 29.3 Å². The summed E-state index contributed by atoms with van der Waals surface area (Å²) in [5.74, 6) is 0.108. The first-order valence-corrected chi connectivity index (χ1v) is 5.46. The SMILES string of the molecule is CCC(C)(C)c1ccc2c(c1)NC(=O)C2. The van der Waals surface area contributed by atoms with Gasteiger partial charge in [0.25, 0.3) is 0 Å². The second kappa shape index (κ2) is 3.37. The van der Waals surface area contributed by atoms with Gasteiger partial charge in [0.05, 0.1) is 6.42 Å². The third kappa shape index (κ3) is 1.76. The molecule has 1 aliphatic heterocycles. The average molecular weight is 203 g/mol. The van der Waals surface area contributed by atoms with Gasteiger partial charge in [-0.15, -0.1) is 0 Å². The summed E-state index contributed by atoms with van der Waals surface area (Å²) in [5, 5.41) is 2.90. The van der Waals surface area contributed by atoms with E-state index < -0.39 is 0 Å². The molecule has 1 N–H and O–H groups in total. The second-order valence-corrected chi connectivity index (χ2v) is 4.83. The number of carbonyl (C=O) groups excluding carboxylic acids is 1. The molecular formula is C13H17NO. The standard InChI is InChI=1S/C13H17NO/c1-4-13(2,3)10-6-5-9-7-12(15)14-11(9)8-10/h5-6,8H,4,7H2,1-3H3,(H,14,15). The zero-order chi connectivity index (χ0) is 11.1. The highest BCUT2D eigenvalue weighted by atomic mass is 16.1. The smallest absolute Gasteiger partial charge is 0.228 e. The van der Waals surface area contributed by atoms with Crippen LogP contribution in [0.25, 0.3) is 0 Å². The van der Waals surface area contributed by atoms with Crippen molar-refractivity contribution in [2.75, 3.05) is 5.32 Å². The van der Waals surface area contributed by atoms with Gasteiger partial charge in [-0.1, -0.05) is 32.9 Å². The molecular weight excluding hydrogens is 186 g/mol. The number of hydrogen-bond acceptors (Lipinski definition) is 1. The Hall–Kier alpha value is -1.31. The third-order valence-corrected chi connectivity index (χ3v) is 3.40. The first kappa shape index (κ1) is 10.2. The van der Waals surface area contributed by atoms with Gasteiger partial charge < -0.3 is 5.32 Å². The molecule has 0 spiro atoms. The third-order valence-electron chi connectivity index (χ3n) is 3.40. The topological polar surface area (TPSA) is 29.1 Å². The van der Waals surface area contributed by atoms with Gasteiger partial charge in [-0.3, -0.25) is 4.79 Å². The average Bonchev–Trinajstić information content (AvgIpc) is 2.56. The van der Waals surface area contributed by atoms with Gasteiger partial charge in [0.1, 0.15) is 0 Å². The molecule has 15 heavy (non-hydrogen) atoms. The number of anilines is 1. The van der Waals surface area contributed by atoms with Crippen molar-refractivity contribution in [3.63, 3.8) is 0 Å². The van der Waals surface area contributed by atoms with Gasteiger partial charge in [0, 0.05) is 5.69 Å². The quantitative estimate of drug-likeness (QED) is 0.786. The zero-order valence-electron chi connectivity index (χ0n) is 9.55. The van der Waals surface area contributed by atoms with Gasteiger partial charge in [-0.05, 0) is 29.0 Å². The number of benzene rings is 1. The van der Waals surface area contributed by atoms with E-state index in [4.69, 9.17) is 0 Å². The van der Waals surface area contributed by atoms with E-state index in [1.165, 1.54) is 5.56 Å². The number of amides is 1. The van der Waals surface area contributed by atoms with Gasteiger partial charge in [-0.2, -0.15) is 0 Å². The summed E-state index contributed by atoms with van der Waals surface area (Å²) in [6, 6.07) is 6.33. The molecule has 0 unspecified atom stereocenters. The molecule has 0 aliphatic carbocycles. The van der Waals surface area contributed by atoms with Crippen molar-refractivity contribution in [1.82, 2.24) is 0 Å². The Bertz CT molecular complexity index is 407. The summed E-state index contributed by atoms with van der Waals surface area (Å²) in [4.78, 5) is 11.2. The Morgan fingerprint density at radius 1 is 1.40 bits per heavy atom. The highest BCUT2D eigenvalue weighted by molar-refractivity contribution is 5.99. The summed E-state index contributed by atoms with van der Waals surface area (Å²) in [7, 11) is 0. The predicted molar refractivity (Wildman–Crippen MR) is 62.1 cm³/mol. The molecule has 2 rings (SSSR count). The van der Waals surface area contributed by atoms with Crippen molar-refractivity contribution < 1.29 is 4.79 Å². The van der Waals surface area contributed by atoms with E-state index in [-0.39, 0.29) is 11.3 Å². The highest BCUT2D eigenvalue weighted by Crippen LogP contribution is 2.32. The minimum Gasteiger partial charge on any atom is -0.326 e. The van der Waals surface area contributed by atoms with E-state index in [1.54, 1.807) is 0 Å². The Kier molecular flexibility index (Phi) is 2.29. The molecule has 1 heterocycles. The number of fused-ring (bicyclic) bond motifs is 1. The maximum atomic E-state index is 11.2. The summed E-state index contributed by atoms with van der Waals surface area (Å²) >= 11 is 0. The minimum atomic E-state index is 0.108. The van der Waals surface area contributed by atoms with Gasteiger partial charge in [-0.25, -0.2) is 0 Å². The lowest BCUT2D eigenvalue weighted by Crippen LogP contribution is -2.15. The number of rotatable bonds is 2. The molecule has 0 atom stereocenters. The van der Waals surface area contributed by atoms with E-state index in [0.717, 1.165) is 17.7 Å². The molecule has 0 saturated heterocycles. The fraction of sp³-hybridized carbons (Fsp3) is 0.462. The Balaban J connectivity index is 2.39. The van der Waals surface area contributed by atoms with E-state index >= 15 is 0 Å². The van der Waals surface area contributed by atoms with E-state index in [2.05, 4.69) is 44.3 Å². The maximum absolute atomic E-state index is 11.2. The van der Waals surface area contributed by atoms with Crippen molar-refractivity contribution in [2.45, 2.75) is 39.0 Å². The molecule has 1 aromatic rings. The van der Waals surface area contributed by atoms with Gasteiger partial charge in [0.15, 0.2) is 0 Å². The largest absolute Gasteiger partial charge is 0.326 e. The molecule has 1 amide bonds. The summed E-state index contributed by atoms with van der Waals surface area (Å²) in [6.07, 6.45) is 1.63. The van der Waals surface area contributed by atoms with E-state index in [9.17, 15) is 4.79 Å². The fourth-order valence-corrected chi connectivity index (χ4v) is 1.84. The molecule has 1 aromatic carbocycles. The maximum Gasteiger partial charge on any atom is 0.228 e. The van der Waals surface area contributed by atoms with Crippen LogP contribution in [0.15, 0.2) is 18.2 Å². The Morgan fingerprint density at radius 3 is 2.80 bits per heavy atom. The van der Waals surface area contributed by atoms with Crippen molar-refractivity contribution in [2.24, 2.45) is 0 Å². The first-order valence-electron chi connectivity index (χ1n) is 5.46. The molecule has 80 valence electrons. The van der Waals surface area contributed by atoms with Crippen molar-refractivity contribution >= 4 is 11.6 Å². The molecule has 2 heteroatoms. The fourth-order valence-electron chi connectivity index (χ4n) is 1.84. The number of carbonyl (C=O) groups is 1. The van der Waals surface area contributed by atoms with Crippen LogP contribution in [0.3, 0.4) is 0 Å². The summed E-state index contributed by atoms with van der Waals surface area (Å²) in [5.41, 5.74) is 3.60. The molecule has 1 aliphatic rings. The second-order valence-electron chi connectivity index (χ2n) is 4.83. The lowest BCUT2D eigenvalue weighted by atomic mass is 9.82. The zero-order valence-corrected chi connectivity index (χ0v) is 9.55. The predicted octanol–water partition coefficient (Wildman–Crippen LogP) is 2.87. The van der Waals surface area contributed by atoms with E-state index in [1.807, 2.05) is 0 Å². The van der Waals surface area contributed by atoms with Crippen LogP contribution in [0.5, 0.6) is 0 Å². The van der Waals surface area contributed by atoms with Crippen LogP contribution in [0.2, 0.25) is 0 Å². The monoisotopic (exact) mass is 203 g/mol. The Labute approximate surface area is 90.7 Å². The molecule has 0 fully saturated rings. The number of hydrogen-bond donors (Lipinski definition) is 1. The summed E-state index contributed by atoms with van der Waals surface area (Å²) in [6.45, 7) is 6.64. The Morgan fingerprint density at radius 2 is 2.13 bits per heavy atom. The van der Waals surface area contributed by atoms with Crippen molar-refractivity contribution in [1.29, 1.82) is 0 Å². The van der Waals surface area contributed by atoms with Crippen LogP contribution < -0.4 is 5.32 Å². The first-order chi connectivity index (χ1) is 7.03. The molecule has 0 radical (unpaired) electrons. The minimum absolute atomic E-state index is 0.108. The van der Waals surface area contributed by atoms with Gasteiger partial charge in [0.2, 0.25) is 5.91 Å². The van der Waals surface area contributed by atoms with Gasteiger partial charge >= 0.3 is 0 Å². The van der Waals surface area contributed by atoms with Crippen LogP contribution in [0, 0.1) is 0 Å². The van der Waals surface area contributed by atoms with Crippen LogP contribution in [0.1, 0.15) is 38.3 Å². The van der Waals surface area contributed by atoms with Crippen LogP contribution in [-0.4, -0.2) is 5.91 Å². The lowest BCUT2D eigenvalue weighted by Gasteiger charge is -2.23. The van der Waals surface area contributed by atoms with Crippen LogP contribution in [0.4, 0.5) is 5.69 Å². The number of nitrogens with one attached hydrogen (secondary N) is 1. The normalized spacial score (nSPS) is 15.0. The van der Waals surface area contributed by atoms with Crippen molar-refractivity contribution in [3.8, 4) is 0 Å². The molecule has 0 bridgehead atoms. The molecule has 0 saturated carbocycles. The van der Waals surface area contributed by atoms with E-state index in [0.29, 0.717) is 6.42 Å². The van der Waals surface area contributed by atoms with Crippen LogP contribution in [-0.2, 0) is 16.6 Å².